The van der Waals surface area contributed by atoms with E-state index in [4.69, 9.17) is 11.6 Å². The first-order valence-corrected chi connectivity index (χ1v) is 7.37. The van der Waals surface area contributed by atoms with E-state index >= 15 is 0 Å². The van der Waals surface area contributed by atoms with E-state index in [-0.39, 0.29) is 5.78 Å². The van der Waals surface area contributed by atoms with E-state index in [0.717, 1.165) is 17.3 Å². The van der Waals surface area contributed by atoms with Crippen molar-refractivity contribution in [3.05, 3.63) is 68.7 Å². The summed E-state index contributed by atoms with van der Waals surface area (Å²) in [6, 6.07) is 13.0. The molecule has 0 fully saturated rings. The highest BCUT2D eigenvalue weighted by Gasteiger charge is 2.10. The minimum atomic E-state index is -0.00810. The van der Waals surface area contributed by atoms with E-state index in [9.17, 15) is 4.79 Å². The lowest BCUT2D eigenvalue weighted by Crippen LogP contribution is -2.01. The van der Waals surface area contributed by atoms with Crippen LogP contribution in [0.2, 0.25) is 5.02 Å². The molecule has 0 aliphatic rings. The molecule has 0 atom stereocenters. The highest BCUT2D eigenvalue weighted by atomic mass is 79.9. The lowest BCUT2D eigenvalue weighted by atomic mass is 10.0. The Kier molecular flexibility index (Phi) is 4.78. The maximum absolute atomic E-state index is 12.3. The number of halogens is 2. The summed E-state index contributed by atoms with van der Waals surface area (Å²) in [5.41, 5.74) is 2.54. The molecular weight excluding hydrogens is 324 g/mol. The van der Waals surface area contributed by atoms with Crippen LogP contribution in [0.3, 0.4) is 0 Å². The Bertz CT molecular complexity index is 570. The maximum Gasteiger partial charge on any atom is 0.193 e. The summed E-state index contributed by atoms with van der Waals surface area (Å²) in [6.07, 6.45) is 2.14. The van der Waals surface area contributed by atoms with Crippen LogP contribution in [0.1, 0.15) is 34.8 Å². The predicted octanol–water partition coefficient (Wildman–Crippen LogP) is 5.29. The van der Waals surface area contributed by atoms with Gasteiger partial charge in [0.1, 0.15) is 0 Å². The zero-order valence-corrected chi connectivity index (χ0v) is 13.0. The van der Waals surface area contributed by atoms with Gasteiger partial charge in [0, 0.05) is 20.6 Å². The Morgan fingerprint density at radius 2 is 1.79 bits per heavy atom. The SMILES string of the molecule is CCCc1ccc(C(=O)c2cc(Cl)cc(Br)c2)cc1. The summed E-state index contributed by atoms with van der Waals surface area (Å²) in [6.45, 7) is 2.14. The second kappa shape index (κ2) is 6.36. The lowest BCUT2D eigenvalue weighted by molar-refractivity contribution is 0.103. The number of carbonyl (C=O) groups is 1. The molecule has 0 saturated heterocycles. The first kappa shape index (κ1) is 14.3. The topological polar surface area (TPSA) is 17.1 Å². The molecule has 19 heavy (non-hydrogen) atoms. The number of carbonyl (C=O) groups excluding carboxylic acids is 1. The molecule has 2 aromatic rings. The van der Waals surface area contributed by atoms with Crippen LogP contribution in [0.5, 0.6) is 0 Å². The average molecular weight is 338 g/mol. The number of rotatable bonds is 4. The molecule has 0 N–H and O–H groups in total. The smallest absolute Gasteiger partial charge is 0.193 e. The van der Waals surface area contributed by atoms with E-state index < -0.39 is 0 Å². The van der Waals surface area contributed by atoms with Crippen molar-refractivity contribution in [2.24, 2.45) is 0 Å². The fraction of sp³-hybridized carbons (Fsp3) is 0.188. The second-order valence-electron chi connectivity index (χ2n) is 4.43. The van der Waals surface area contributed by atoms with Crippen molar-refractivity contribution in [2.75, 3.05) is 0 Å². The fourth-order valence-corrected chi connectivity index (χ4v) is 2.82. The largest absolute Gasteiger partial charge is 0.289 e. The molecule has 0 spiro atoms. The lowest BCUT2D eigenvalue weighted by Gasteiger charge is -2.04. The fourth-order valence-electron chi connectivity index (χ4n) is 1.96. The molecule has 0 bridgehead atoms. The molecule has 98 valence electrons. The minimum absolute atomic E-state index is 0.00810. The van der Waals surface area contributed by atoms with Gasteiger partial charge >= 0.3 is 0 Å². The van der Waals surface area contributed by atoms with Crippen molar-refractivity contribution in [2.45, 2.75) is 19.8 Å². The zero-order chi connectivity index (χ0) is 13.8. The number of benzene rings is 2. The third-order valence-corrected chi connectivity index (χ3v) is 3.56. The Morgan fingerprint density at radius 3 is 2.37 bits per heavy atom. The van der Waals surface area contributed by atoms with E-state index in [1.807, 2.05) is 24.3 Å². The number of hydrogen-bond acceptors (Lipinski definition) is 1. The monoisotopic (exact) mass is 336 g/mol. The third kappa shape index (κ3) is 3.68. The second-order valence-corrected chi connectivity index (χ2v) is 5.79. The molecule has 3 heteroatoms. The van der Waals surface area contributed by atoms with Crippen LogP contribution in [0.25, 0.3) is 0 Å². The minimum Gasteiger partial charge on any atom is -0.289 e. The normalized spacial score (nSPS) is 10.5. The summed E-state index contributed by atoms with van der Waals surface area (Å²) in [4.78, 5) is 12.3. The summed E-state index contributed by atoms with van der Waals surface area (Å²) >= 11 is 9.32. The molecule has 0 saturated carbocycles. The Labute approximate surface area is 126 Å². The van der Waals surface area contributed by atoms with Gasteiger partial charge in [-0.15, -0.1) is 0 Å². The van der Waals surface area contributed by atoms with E-state index in [2.05, 4.69) is 22.9 Å². The van der Waals surface area contributed by atoms with Gasteiger partial charge in [-0.1, -0.05) is 65.1 Å². The van der Waals surface area contributed by atoms with Crippen LogP contribution >= 0.6 is 27.5 Å². The predicted molar refractivity (Wildman–Crippen MR) is 83.0 cm³/mol. The molecule has 0 aliphatic heterocycles. The quantitative estimate of drug-likeness (QED) is 0.693. The first-order chi connectivity index (χ1) is 9.10. The van der Waals surface area contributed by atoms with Crippen molar-refractivity contribution < 1.29 is 4.79 Å². The van der Waals surface area contributed by atoms with Gasteiger partial charge in [-0.05, 0) is 30.2 Å². The standard InChI is InChI=1S/C16H14BrClO/c1-2-3-11-4-6-12(7-5-11)16(19)13-8-14(17)10-15(18)9-13/h4-10H,2-3H2,1H3. The van der Waals surface area contributed by atoms with Crippen LogP contribution in [-0.2, 0) is 6.42 Å². The molecule has 0 radical (unpaired) electrons. The van der Waals surface area contributed by atoms with Gasteiger partial charge in [0.2, 0.25) is 0 Å². The average Bonchev–Trinajstić information content (AvgIpc) is 2.38. The van der Waals surface area contributed by atoms with Gasteiger partial charge in [-0.3, -0.25) is 4.79 Å². The number of hydrogen-bond donors (Lipinski definition) is 0. The Hall–Kier alpha value is -1.12. The van der Waals surface area contributed by atoms with Crippen molar-refractivity contribution in [1.82, 2.24) is 0 Å². The summed E-state index contributed by atoms with van der Waals surface area (Å²) < 4.78 is 0.811. The van der Waals surface area contributed by atoms with E-state index in [1.54, 1.807) is 18.2 Å². The van der Waals surface area contributed by atoms with Crippen LogP contribution in [-0.4, -0.2) is 5.78 Å². The van der Waals surface area contributed by atoms with Gasteiger partial charge < -0.3 is 0 Å². The zero-order valence-electron chi connectivity index (χ0n) is 10.6. The first-order valence-electron chi connectivity index (χ1n) is 6.20. The number of ketones is 1. The molecule has 0 aromatic heterocycles. The summed E-state index contributed by atoms with van der Waals surface area (Å²) in [7, 11) is 0. The molecule has 1 nitrogen and oxygen atoms in total. The summed E-state index contributed by atoms with van der Waals surface area (Å²) in [5, 5.41) is 0.556. The maximum atomic E-state index is 12.3. The molecule has 0 heterocycles. The Balaban J connectivity index is 2.28. The Morgan fingerprint density at radius 1 is 1.11 bits per heavy atom. The molecular formula is C16H14BrClO. The van der Waals surface area contributed by atoms with Gasteiger partial charge in [0.25, 0.3) is 0 Å². The number of aryl methyl sites for hydroxylation is 1. The van der Waals surface area contributed by atoms with Crippen molar-refractivity contribution >= 4 is 33.3 Å². The van der Waals surface area contributed by atoms with Crippen molar-refractivity contribution in [3.8, 4) is 0 Å². The molecule has 2 rings (SSSR count). The van der Waals surface area contributed by atoms with Gasteiger partial charge in [-0.25, -0.2) is 0 Å². The summed E-state index contributed by atoms with van der Waals surface area (Å²) in [5.74, 6) is -0.00810. The molecule has 0 amide bonds. The highest BCUT2D eigenvalue weighted by molar-refractivity contribution is 9.10. The molecule has 0 aliphatic carbocycles. The van der Waals surface area contributed by atoms with Crippen LogP contribution in [0.4, 0.5) is 0 Å². The van der Waals surface area contributed by atoms with E-state index in [1.165, 1.54) is 5.56 Å². The van der Waals surface area contributed by atoms with Crippen LogP contribution in [0.15, 0.2) is 46.9 Å². The third-order valence-electron chi connectivity index (χ3n) is 2.88. The van der Waals surface area contributed by atoms with Gasteiger partial charge in [0.15, 0.2) is 5.78 Å². The van der Waals surface area contributed by atoms with E-state index in [0.29, 0.717) is 16.1 Å². The highest BCUT2D eigenvalue weighted by Crippen LogP contribution is 2.22. The van der Waals surface area contributed by atoms with Crippen LogP contribution < -0.4 is 0 Å². The van der Waals surface area contributed by atoms with Crippen LogP contribution in [0, 0.1) is 0 Å². The van der Waals surface area contributed by atoms with Gasteiger partial charge in [-0.2, -0.15) is 0 Å². The van der Waals surface area contributed by atoms with Gasteiger partial charge in [0.05, 0.1) is 0 Å². The molecule has 2 aromatic carbocycles. The molecule has 0 unspecified atom stereocenters. The van der Waals surface area contributed by atoms with Crippen molar-refractivity contribution in [3.63, 3.8) is 0 Å². The van der Waals surface area contributed by atoms with Crippen molar-refractivity contribution in [1.29, 1.82) is 0 Å².